The fraction of sp³-hybridized carbons (Fsp3) is 0.692. The third-order valence-electron chi connectivity index (χ3n) is 5.06. The number of nitrogens with zero attached hydrogens (tertiary/aromatic N) is 2. The molecule has 0 aliphatic rings. The summed E-state index contributed by atoms with van der Waals surface area (Å²) in [4.78, 5) is 0. The monoisotopic (exact) mass is 416 g/mol. The van der Waals surface area contributed by atoms with Gasteiger partial charge < -0.3 is 5.73 Å². The molecule has 0 saturated heterocycles. The minimum atomic E-state index is 0.873. The fourth-order valence-corrected chi connectivity index (χ4v) is 3.24. The normalized spacial score (nSPS) is 9.93. The van der Waals surface area contributed by atoms with Crippen LogP contribution in [0.25, 0.3) is 0 Å². The molecule has 0 fully saturated rings. The molecule has 0 radical (unpaired) electrons. The number of aromatic nitrogens is 3. The Balaban J connectivity index is 0.000000605. The Morgan fingerprint density at radius 1 is 0.500 bits per heavy atom. The highest BCUT2D eigenvalue weighted by Gasteiger charge is 1.94. The smallest absolute Gasteiger partial charge is 0.0690 e. The van der Waals surface area contributed by atoms with E-state index in [4.69, 9.17) is 5.73 Å². The summed E-state index contributed by atoms with van der Waals surface area (Å²) in [5.41, 5.74) is 5.48. The van der Waals surface area contributed by atoms with Gasteiger partial charge in [0.2, 0.25) is 0 Å². The van der Waals surface area contributed by atoms with Crippen molar-refractivity contribution in [3.8, 4) is 0 Å². The van der Waals surface area contributed by atoms with Gasteiger partial charge in [-0.1, -0.05) is 140 Å². The van der Waals surface area contributed by atoms with Crippen LogP contribution in [-0.4, -0.2) is 22.0 Å². The lowest BCUT2D eigenvalue weighted by Gasteiger charge is -2.03. The van der Waals surface area contributed by atoms with Crippen LogP contribution in [0.2, 0.25) is 0 Å². The van der Waals surface area contributed by atoms with Gasteiger partial charge in [-0.2, -0.15) is 15.4 Å². The Kier molecular flexibility index (Phi) is 25.8. The first kappa shape index (κ1) is 28.3. The van der Waals surface area contributed by atoms with Crippen LogP contribution in [0.3, 0.4) is 0 Å². The Morgan fingerprint density at radius 2 is 0.800 bits per heavy atom. The van der Waals surface area contributed by atoms with Crippen molar-refractivity contribution in [3.05, 3.63) is 48.8 Å². The van der Waals surface area contributed by atoms with Crippen LogP contribution >= 0.6 is 0 Å². The van der Waals surface area contributed by atoms with Gasteiger partial charge in [0, 0.05) is 0 Å². The van der Waals surface area contributed by atoms with E-state index in [0.717, 1.165) is 6.54 Å². The molecule has 0 amide bonds. The maximum atomic E-state index is 5.48. The van der Waals surface area contributed by atoms with Crippen molar-refractivity contribution in [1.29, 1.82) is 0 Å². The fourth-order valence-electron chi connectivity index (χ4n) is 3.24. The van der Waals surface area contributed by atoms with Gasteiger partial charge in [0.05, 0.1) is 12.4 Å². The van der Waals surface area contributed by atoms with Crippen LogP contribution in [0.15, 0.2) is 48.8 Å². The summed E-state index contributed by atoms with van der Waals surface area (Å²) in [5.74, 6) is 0. The van der Waals surface area contributed by atoms with Crippen LogP contribution < -0.4 is 5.73 Å². The second-order valence-corrected chi connectivity index (χ2v) is 7.90. The maximum Gasteiger partial charge on any atom is 0.0690 e. The SMILES string of the molecule is CCCCCCCCCCCCCCCCCCN.c1ccccc1.c1cn[nH]n1. The Morgan fingerprint density at radius 3 is 1.03 bits per heavy atom. The van der Waals surface area contributed by atoms with Crippen LogP contribution in [0.4, 0.5) is 0 Å². The predicted octanol–water partition coefficient (Wildman–Crippen LogP) is 7.70. The molecule has 4 heteroatoms. The van der Waals surface area contributed by atoms with Crippen molar-refractivity contribution >= 4 is 0 Å². The Hall–Kier alpha value is -1.68. The molecule has 4 nitrogen and oxygen atoms in total. The number of H-pyrrole nitrogens is 1. The number of aromatic amines is 1. The standard InChI is InChI=1S/C18H39N.C6H6.C2H3N3/c1-2-3-4-5-6-7-8-9-10-11-12-13-14-15-16-17-18-19;1-2-4-6-5-3-1;1-2-4-5-3-1/h2-19H2,1H3;1-6H;1-2H,(H,3,4,5). The second kappa shape index (κ2) is 27.3. The molecule has 0 unspecified atom stereocenters. The molecule has 0 aliphatic carbocycles. The molecule has 0 bridgehead atoms. The summed E-state index contributed by atoms with van der Waals surface area (Å²) < 4.78 is 0. The molecule has 2 rings (SSSR count). The van der Waals surface area contributed by atoms with Gasteiger partial charge in [-0.3, -0.25) is 0 Å². The highest BCUT2D eigenvalue weighted by Crippen LogP contribution is 2.13. The molecule has 2 aromatic rings. The first-order chi connectivity index (χ1) is 14.9. The lowest BCUT2D eigenvalue weighted by Crippen LogP contribution is -1.97. The van der Waals surface area contributed by atoms with Gasteiger partial charge in [-0.05, 0) is 13.0 Å². The number of unbranched alkanes of at least 4 members (excludes halogenated alkanes) is 15. The van der Waals surface area contributed by atoms with E-state index in [1.807, 2.05) is 36.4 Å². The molecule has 0 saturated carbocycles. The molecular weight excluding hydrogens is 368 g/mol. The molecule has 0 aliphatic heterocycles. The van der Waals surface area contributed by atoms with Gasteiger partial charge in [0.15, 0.2) is 0 Å². The zero-order chi connectivity index (χ0) is 21.8. The van der Waals surface area contributed by atoms with Crippen molar-refractivity contribution in [2.75, 3.05) is 6.54 Å². The van der Waals surface area contributed by atoms with E-state index in [1.54, 1.807) is 12.4 Å². The summed E-state index contributed by atoms with van der Waals surface area (Å²) >= 11 is 0. The average molecular weight is 417 g/mol. The molecule has 30 heavy (non-hydrogen) atoms. The maximum absolute atomic E-state index is 5.48. The molecule has 1 aromatic heterocycles. The van der Waals surface area contributed by atoms with Crippen LogP contribution in [0, 0.1) is 0 Å². The number of nitrogens with two attached hydrogens (primary N) is 1. The topological polar surface area (TPSA) is 67.6 Å². The molecule has 3 N–H and O–H groups in total. The number of benzene rings is 1. The Bertz CT molecular complexity index is 413. The van der Waals surface area contributed by atoms with E-state index in [9.17, 15) is 0 Å². The molecule has 0 atom stereocenters. The highest BCUT2D eigenvalue weighted by atomic mass is 15.3. The third kappa shape index (κ3) is 26.3. The third-order valence-corrected chi connectivity index (χ3v) is 5.06. The van der Waals surface area contributed by atoms with Gasteiger partial charge in [-0.15, -0.1) is 0 Å². The van der Waals surface area contributed by atoms with Crippen molar-refractivity contribution in [2.45, 2.75) is 110 Å². The number of hydrogen-bond donors (Lipinski definition) is 2. The summed E-state index contributed by atoms with van der Waals surface area (Å²) in [6.45, 7) is 3.16. The molecule has 1 aromatic carbocycles. The predicted molar refractivity (Wildman–Crippen MR) is 131 cm³/mol. The largest absolute Gasteiger partial charge is 0.330 e. The van der Waals surface area contributed by atoms with Crippen molar-refractivity contribution in [2.24, 2.45) is 5.73 Å². The van der Waals surface area contributed by atoms with E-state index in [-0.39, 0.29) is 0 Å². The molecule has 172 valence electrons. The van der Waals surface area contributed by atoms with Crippen LogP contribution in [0.5, 0.6) is 0 Å². The van der Waals surface area contributed by atoms with Gasteiger partial charge in [0.25, 0.3) is 0 Å². The summed E-state index contributed by atoms with van der Waals surface area (Å²) in [5, 5.41) is 9.33. The first-order valence-corrected chi connectivity index (χ1v) is 12.4. The summed E-state index contributed by atoms with van der Waals surface area (Å²) in [7, 11) is 0. The Labute approximate surface area is 186 Å². The molecular formula is C26H48N4. The van der Waals surface area contributed by atoms with E-state index in [2.05, 4.69) is 22.3 Å². The minimum Gasteiger partial charge on any atom is -0.330 e. The first-order valence-electron chi connectivity index (χ1n) is 12.4. The van der Waals surface area contributed by atoms with Crippen LogP contribution in [-0.2, 0) is 0 Å². The van der Waals surface area contributed by atoms with Gasteiger partial charge in [-0.25, -0.2) is 0 Å². The highest BCUT2D eigenvalue weighted by molar-refractivity contribution is 4.99. The van der Waals surface area contributed by atoms with E-state index < -0.39 is 0 Å². The summed E-state index contributed by atoms with van der Waals surface area (Å²) in [6, 6.07) is 12.0. The zero-order valence-corrected chi connectivity index (χ0v) is 19.6. The molecule has 0 spiro atoms. The minimum absolute atomic E-state index is 0.873. The lowest BCUT2D eigenvalue weighted by atomic mass is 10.0. The van der Waals surface area contributed by atoms with Gasteiger partial charge in [0.1, 0.15) is 0 Å². The van der Waals surface area contributed by atoms with E-state index >= 15 is 0 Å². The second-order valence-electron chi connectivity index (χ2n) is 7.90. The van der Waals surface area contributed by atoms with Crippen LogP contribution in [0.1, 0.15) is 110 Å². The number of hydrogen-bond acceptors (Lipinski definition) is 3. The molecule has 1 heterocycles. The van der Waals surface area contributed by atoms with Gasteiger partial charge >= 0.3 is 0 Å². The lowest BCUT2D eigenvalue weighted by molar-refractivity contribution is 0.530. The zero-order valence-electron chi connectivity index (χ0n) is 19.6. The van der Waals surface area contributed by atoms with Crippen molar-refractivity contribution in [1.82, 2.24) is 15.4 Å². The van der Waals surface area contributed by atoms with E-state index in [1.165, 1.54) is 103 Å². The van der Waals surface area contributed by atoms with Crippen molar-refractivity contribution < 1.29 is 0 Å². The van der Waals surface area contributed by atoms with E-state index in [0.29, 0.717) is 0 Å². The van der Waals surface area contributed by atoms with Crippen molar-refractivity contribution in [3.63, 3.8) is 0 Å². The average Bonchev–Trinajstić information content (AvgIpc) is 3.38. The number of rotatable bonds is 16. The number of nitrogens with one attached hydrogen (secondary N) is 1. The quantitative estimate of drug-likeness (QED) is 0.275. The summed E-state index contributed by atoms with van der Waals surface area (Å²) in [6.07, 6.45) is 26.0.